The van der Waals surface area contributed by atoms with Crippen LogP contribution in [0.5, 0.6) is 5.75 Å². The minimum absolute atomic E-state index is 0. The highest BCUT2D eigenvalue weighted by molar-refractivity contribution is 6.30. The average molecular weight is 386 g/mol. The second-order valence-corrected chi connectivity index (χ2v) is 6.01. The summed E-state index contributed by atoms with van der Waals surface area (Å²) >= 11 is 5.81. The number of hydrogen-bond acceptors (Lipinski definition) is 4. The topological polar surface area (TPSA) is 50.7 Å². The molecule has 4 nitrogen and oxygen atoms in total. The van der Waals surface area contributed by atoms with Crippen molar-refractivity contribution in [3.8, 4) is 5.75 Å². The van der Waals surface area contributed by atoms with E-state index >= 15 is 0 Å². The average Bonchev–Trinajstić information content (AvgIpc) is 2.61. The number of hydrogen-bond donors (Lipinski definition) is 2. The van der Waals surface area contributed by atoms with Crippen molar-refractivity contribution in [1.82, 2.24) is 5.32 Å². The number of nitrogens with one attached hydrogen (secondary N) is 1. The molecule has 0 aliphatic heterocycles. The van der Waals surface area contributed by atoms with Gasteiger partial charge < -0.3 is 19.9 Å². The Labute approximate surface area is 160 Å². The van der Waals surface area contributed by atoms with Crippen LogP contribution >= 0.6 is 24.0 Å². The van der Waals surface area contributed by atoms with E-state index < -0.39 is 6.10 Å². The van der Waals surface area contributed by atoms with Crippen LogP contribution in [-0.4, -0.2) is 37.6 Å². The standard InChI is InChI=1S/C19H24ClNO3.ClH/c1-15(16-5-3-2-4-6-16)21-13-18(22)14-23-11-12-24-19-9-7-17(20)8-10-19;/h2-10,15,18,21-22H,11-14H2,1H3;1H. The normalized spacial score (nSPS) is 12.9. The summed E-state index contributed by atoms with van der Waals surface area (Å²) in [6.45, 7) is 3.69. The number of ether oxygens (including phenoxy) is 2. The number of halogens is 2. The molecule has 0 aliphatic rings. The molecule has 0 saturated carbocycles. The Morgan fingerprint density at radius 1 is 1.04 bits per heavy atom. The molecule has 25 heavy (non-hydrogen) atoms. The molecule has 2 atom stereocenters. The van der Waals surface area contributed by atoms with Crippen LogP contribution in [0.3, 0.4) is 0 Å². The van der Waals surface area contributed by atoms with E-state index in [0.29, 0.717) is 24.8 Å². The van der Waals surface area contributed by atoms with Gasteiger partial charge in [-0.15, -0.1) is 12.4 Å². The van der Waals surface area contributed by atoms with E-state index in [0.717, 1.165) is 5.75 Å². The van der Waals surface area contributed by atoms with Gasteiger partial charge in [0.2, 0.25) is 0 Å². The maximum atomic E-state index is 9.95. The van der Waals surface area contributed by atoms with Crippen LogP contribution in [0.15, 0.2) is 54.6 Å². The maximum absolute atomic E-state index is 9.95. The molecule has 2 unspecified atom stereocenters. The maximum Gasteiger partial charge on any atom is 0.119 e. The van der Waals surface area contributed by atoms with Gasteiger partial charge in [0.25, 0.3) is 0 Å². The van der Waals surface area contributed by atoms with Crippen molar-refractivity contribution in [3.63, 3.8) is 0 Å². The Balaban J connectivity index is 0.00000312. The van der Waals surface area contributed by atoms with Gasteiger partial charge >= 0.3 is 0 Å². The molecule has 0 spiro atoms. The van der Waals surface area contributed by atoms with E-state index in [9.17, 15) is 5.11 Å². The SMILES string of the molecule is CC(NCC(O)COCCOc1ccc(Cl)cc1)c1ccccc1.Cl. The summed E-state index contributed by atoms with van der Waals surface area (Å²) in [4.78, 5) is 0. The van der Waals surface area contributed by atoms with E-state index in [1.54, 1.807) is 12.1 Å². The third kappa shape index (κ3) is 8.56. The summed E-state index contributed by atoms with van der Waals surface area (Å²) in [5.41, 5.74) is 1.20. The van der Waals surface area contributed by atoms with Crippen LogP contribution in [0.1, 0.15) is 18.5 Å². The molecule has 6 heteroatoms. The molecule has 0 aromatic heterocycles. The van der Waals surface area contributed by atoms with Gasteiger partial charge in [-0.05, 0) is 36.8 Å². The summed E-state index contributed by atoms with van der Waals surface area (Å²) in [6, 6.07) is 17.5. The number of rotatable bonds is 10. The van der Waals surface area contributed by atoms with Gasteiger partial charge in [-0.2, -0.15) is 0 Å². The summed E-state index contributed by atoms with van der Waals surface area (Å²) in [5, 5.41) is 13.9. The van der Waals surface area contributed by atoms with Crippen molar-refractivity contribution < 1.29 is 14.6 Å². The first-order chi connectivity index (χ1) is 11.6. The Hall–Kier alpha value is -1.30. The van der Waals surface area contributed by atoms with Gasteiger partial charge in [0.1, 0.15) is 12.4 Å². The molecule has 0 fully saturated rings. The lowest BCUT2D eigenvalue weighted by atomic mass is 10.1. The largest absolute Gasteiger partial charge is 0.491 e. The second-order valence-electron chi connectivity index (χ2n) is 5.57. The monoisotopic (exact) mass is 385 g/mol. The van der Waals surface area contributed by atoms with E-state index in [2.05, 4.69) is 24.4 Å². The molecule has 2 rings (SSSR count). The highest BCUT2D eigenvalue weighted by Crippen LogP contribution is 2.15. The van der Waals surface area contributed by atoms with Gasteiger partial charge in [0, 0.05) is 17.6 Å². The molecule has 2 aromatic rings. The molecule has 0 saturated heterocycles. The van der Waals surface area contributed by atoms with Gasteiger partial charge in [-0.25, -0.2) is 0 Å². The minimum atomic E-state index is -0.549. The van der Waals surface area contributed by atoms with Crippen molar-refractivity contribution in [3.05, 3.63) is 65.2 Å². The molecule has 0 bridgehead atoms. The Morgan fingerprint density at radius 2 is 1.72 bits per heavy atom. The van der Waals surface area contributed by atoms with Crippen molar-refractivity contribution in [2.24, 2.45) is 0 Å². The van der Waals surface area contributed by atoms with Crippen molar-refractivity contribution in [1.29, 1.82) is 0 Å². The zero-order valence-corrected chi connectivity index (χ0v) is 15.8. The van der Waals surface area contributed by atoms with E-state index in [1.165, 1.54) is 5.56 Å². The molecular weight excluding hydrogens is 361 g/mol. The Kier molecular flexibility index (Phi) is 10.5. The van der Waals surface area contributed by atoms with Crippen molar-refractivity contribution in [2.75, 3.05) is 26.4 Å². The lowest BCUT2D eigenvalue weighted by molar-refractivity contribution is 0.0242. The third-order valence-electron chi connectivity index (χ3n) is 3.58. The summed E-state index contributed by atoms with van der Waals surface area (Å²) in [5.74, 6) is 0.752. The van der Waals surface area contributed by atoms with E-state index in [4.69, 9.17) is 21.1 Å². The lowest BCUT2D eigenvalue weighted by Crippen LogP contribution is -2.32. The number of benzene rings is 2. The lowest BCUT2D eigenvalue weighted by Gasteiger charge is -2.17. The minimum Gasteiger partial charge on any atom is -0.491 e. The van der Waals surface area contributed by atoms with Gasteiger partial charge in [0.05, 0.1) is 19.3 Å². The van der Waals surface area contributed by atoms with Crippen LogP contribution in [0.4, 0.5) is 0 Å². The Bertz CT molecular complexity index is 581. The fraction of sp³-hybridized carbons (Fsp3) is 0.368. The quantitative estimate of drug-likeness (QED) is 0.609. The molecule has 138 valence electrons. The highest BCUT2D eigenvalue weighted by Gasteiger charge is 2.08. The highest BCUT2D eigenvalue weighted by atomic mass is 35.5. The molecular formula is C19H25Cl2NO3. The fourth-order valence-electron chi connectivity index (χ4n) is 2.20. The van der Waals surface area contributed by atoms with Gasteiger partial charge in [-0.1, -0.05) is 41.9 Å². The van der Waals surface area contributed by atoms with Crippen LogP contribution in [0.25, 0.3) is 0 Å². The molecule has 0 radical (unpaired) electrons. The second kappa shape index (κ2) is 12.1. The summed E-state index contributed by atoms with van der Waals surface area (Å²) in [7, 11) is 0. The molecule has 2 N–H and O–H groups in total. The smallest absolute Gasteiger partial charge is 0.119 e. The molecule has 0 heterocycles. The van der Waals surface area contributed by atoms with Crippen LogP contribution in [0, 0.1) is 0 Å². The first-order valence-electron chi connectivity index (χ1n) is 8.07. The fourth-order valence-corrected chi connectivity index (χ4v) is 2.33. The third-order valence-corrected chi connectivity index (χ3v) is 3.83. The van der Waals surface area contributed by atoms with E-state index in [1.807, 2.05) is 30.3 Å². The summed E-state index contributed by atoms with van der Waals surface area (Å²) in [6.07, 6.45) is -0.549. The predicted octanol–water partition coefficient (Wildman–Crippen LogP) is 3.87. The van der Waals surface area contributed by atoms with Gasteiger partial charge in [0.15, 0.2) is 0 Å². The van der Waals surface area contributed by atoms with Crippen LogP contribution < -0.4 is 10.1 Å². The zero-order valence-electron chi connectivity index (χ0n) is 14.2. The van der Waals surface area contributed by atoms with E-state index in [-0.39, 0.29) is 25.1 Å². The van der Waals surface area contributed by atoms with Crippen molar-refractivity contribution in [2.45, 2.75) is 19.1 Å². The Morgan fingerprint density at radius 3 is 2.40 bits per heavy atom. The predicted molar refractivity (Wildman–Crippen MR) is 104 cm³/mol. The first-order valence-corrected chi connectivity index (χ1v) is 8.45. The van der Waals surface area contributed by atoms with Crippen LogP contribution in [0.2, 0.25) is 5.02 Å². The summed E-state index contributed by atoms with van der Waals surface area (Å²) < 4.78 is 11.0. The van der Waals surface area contributed by atoms with Crippen LogP contribution in [-0.2, 0) is 4.74 Å². The zero-order chi connectivity index (χ0) is 17.2. The molecule has 0 amide bonds. The van der Waals surface area contributed by atoms with Gasteiger partial charge in [-0.3, -0.25) is 0 Å². The molecule has 0 aliphatic carbocycles. The molecule has 2 aromatic carbocycles. The number of aliphatic hydroxyl groups excluding tert-OH is 1. The number of aliphatic hydroxyl groups is 1. The van der Waals surface area contributed by atoms with Crippen molar-refractivity contribution >= 4 is 24.0 Å². The first kappa shape index (κ1) is 21.7.